The number of hydrogen-bond donors (Lipinski definition) is 0. The third kappa shape index (κ3) is 3.37. The van der Waals surface area contributed by atoms with E-state index in [1.807, 2.05) is 19.1 Å². The zero-order valence-electron chi connectivity index (χ0n) is 11.3. The second kappa shape index (κ2) is 6.51. The Labute approximate surface area is 108 Å². The van der Waals surface area contributed by atoms with Crippen molar-refractivity contribution in [1.29, 1.82) is 0 Å². The van der Waals surface area contributed by atoms with Crippen LogP contribution in [0.5, 0.6) is 5.75 Å². The van der Waals surface area contributed by atoms with Crippen molar-refractivity contribution in [2.45, 2.75) is 45.4 Å². The van der Waals surface area contributed by atoms with E-state index in [9.17, 15) is 0 Å². The van der Waals surface area contributed by atoms with Crippen molar-refractivity contribution < 1.29 is 4.43 Å². The monoisotopic (exact) mass is 246 g/mol. The molecule has 17 heavy (non-hydrogen) atoms. The van der Waals surface area contributed by atoms with Gasteiger partial charge in [-0.3, -0.25) is 0 Å². The SMILES string of the molecule is CC#CC(C)(CCCC)c1ccccc1O[SiH3]. The molecule has 1 nitrogen and oxygen atoms in total. The Hall–Kier alpha value is -1.20. The van der Waals surface area contributed by atoms with Crippen LogP contribution in [-0.2, 0) is 5.41 Å². The molecule has 1 aromatic rings. The Morgan fingerprint density at radius 2 is 2.06 bits per heavy atom. The minimum absolute atomic E-state index is 0.0776. The Kier molecular flexibility index (Phi) is 5.31. The van der Waals surface area contributed by atoms with Gasteiger partial charge in [0.15, 0.2) is 0 Å². The van der Waals surface area contributed by atoms with Crippen LogP contribution in [-0.4, -0.2) is 10.5 Å². The van der Waals surface area contributed by atoms with Gasteiger partial charge >= 0.3 is 0 Å². The summed E-state index contributed by atoms with van der Waals surface area (Å²) in [6, 6.07) is 8.29. The van der Waals surface area contributed by atoms with Gasteiger partial charge < -0.3 is 4.43 Å². The first kappa shape index (κ1) is 13.9. The van der Waals surface area contributed by atoms with Crippen LogP contribution in [0.1, 0.15) is 45.6 Å². The highest BCUT2D eigenvalue weighted by Gasteiger charge is 2.26. The molecule has 1 aromatic carbocycles. The number of para-hydroxylation sites is 1. The minimum atomic E-state index is -0.0776. The van der Waals surface area contributed by atoms with E-state index >= 15 is 0 Å². The molecule has 0 amide bonds. The molecule has 0 aliphatic heterocycles. The van der Waals surface area contributed by atoms with Crippen molar-refractivity contribution >= 4 is 10.5 Å². The van der Waals surface area contributed by atoms with E-state index in [2.05, 4.69) is 37.8 Å². The summed E-state index contributed by atoms with van der Waals surface area (Å²) in [5.74, 6) is 7.44. The van der Waals surface area contributed by atoms with Gasteiger partial charge in [0, 0.05) is 5.56 Å². The molecule has 92 valence electrons. The lowest BCUT2D eigenvalue weighted by molar-refractivity contribution is 0.502. The van der Waals surface area contributed by atoms with Gasteiger partial charge in [-0.1, -0.05) is 43.9 Å². The highest BCUT2D eigenvalue weighted by molar-refractivity contribution is 6.00. The maximum atomic E-state index is 5.59. The lowest BCUT2D eigenvalue weighted by atomic mass is 9.78. The fourth-order valence-corrected chi connectivity index (χ4v) is 2.53. The summed E-state index contributed by atoms with van der Waals surface area (Å²) in [6.45, 7) is 6.35. The van der Waals surface area contributed by atoms with Gasteiger partial charge in [0.1, 0.15) is 5.75 Å². The summed E-state index contributed by atoms with van der Waals surface area (Å²) >= 11 is 0. The van der Waals surface area contributed by atoms with E-state index in [4.69, 9.17) is 4.43 Å². The Bertz CT molecular complexity index is 416. The molecular formula is C15H22OSi. The molecule has 1 rings (SSSR count). The molecule has 1 unspecified atom stereocenters. The van der Waals surface area contributed by atoms with Crippen LogP contribution < -0.4 is 4.43 Å². The molecule has 0 bridgehead atoms. The molecule has 0 radical (unpaired) electrons. The van der Waals surface area contributed by atoms with Crippen molar-refractivity contribution in [2.75, 3.05) is 0 Å². The summed E-state index contributed by atoms with van der Waals surface area (Å²) in [5.41, 5.74) is 1.16. The predicted octanol–water partition coefficient (Wildman–Crippen LogP) is 2.82. The van der Waals surface area contributed by atoms with Crippen LogP contribution in [0, 0.1) is 11.8 Å². The van der Waals surface area contributed by atoms with E-state index < -0.39 is 0 Å². The zero-order chi connectivity index (χ0) is 12.7. The van der Waals surface area contributed by atoms with Gasteiger partial charge in [-0.15, -0.1) is 5.92 Å². The highest BCUT2D eigenvalue weighted by Crippen LogP contribution is 2.35. The maximum absolute atomic E-state index is 5.59. The standard InChI is InChI=1S/C15H22OSi/c1-4-6-12-15(3,11-5-2)13-9-7-8-10-14(13)16-17/h7-10H,4,6,12H2,1-3,17H3. The van der Waals surface area contributed by atoms with Crippen molar-refractivity contribution in [3.8, 4) is 17.6 Å². The number of hydrogen-bond acceptors (Lipinski definition) is 1. The number of benzene rings is 1. The fraction of sp³-hybridized carbons (Fsp3) is 0.467. The van der Waals surface area contributed by atoms with Gasteiger partial charge in [-0.25, -0.2) is 0 Å². The van der Waals surface area contributed by atoms with Crippen molar-refractivity contribution in [2.24, 2.45) is 0 Å². The molecule has 0 heterocycles. The average molecular weight is 246 g/mol. The predicted molar refractivity (Wildman–Crippen MR) is 77.3 cm³/mol. The van der Waals surface area contributed by atoms with Crippen LogP contribution in [0.3, 0.4) is 0 Å². The molecule has 0 aliphatic rings. The molecule has 0 fully saturated rings. The third-order valence-electron chi connectivity index (χ3n) is 3.13. The van der Waals surface area contributed by atoms with Crippen LogP contribution in [0.4, 0.5) is 0 Å². The van der Waals surface area contributed by atoms with Crippen LogP contribution in [0.2, 0.25) is 0 Å². The maximum Gasteiger partial charge on any atom is 0.204 e. The molecule has 0 spiro atoms. The topological polar surface area (TPSA) is 9.23 Å². The average Bonchev–Trinajstić information content (AvgIpc) is 2.36. The van der Waals surface area contributed by atoms with Crippen molar-refractivity contribution in [3.63, 3.8) is 0 Å². The highest BCUT2D eigenvalue weighted by atomic mass is 28.2. The lowest BCUT2D eigenvalue weighted by Crippen LogP contribution is -2.20. The van der Waals surface area contributed by atoms with E-state index in [0.717, 1.165) is 22.7 Å². The summed E-state index contributed by atoms with van der Waals surface area (Å²) in [4.78, 5) is 0. The third-order valence-corrected chi connectivity index (χ3v) is 3.57. The molecule has 1 atom stereocenters. The molecular weight excluding hydrogens is 224 g/mol. The van der Waals surface area contributed by atoms with Gasteiger partial charge in [-0.2, -0.15) is 0 Å². The molecule has 0 N–H and O–H groups in total. The first-order valence-electron chi connectivity index (χ1n) is 6.25. The molecule has 0 saturated carbocycles. The van der Waals surface area contributed by atoms with E-state index in [-0.39, 0.29) is 5.41 Å². The number of rotatable bonds is 5. The van der Waals surface area contributed by atoms with Gasteiger partial charge in [0.25, 0.3) is 0 Å². The first-order chi connectivity index (χ1) is 8.18. The van der Waals surface area contributed by atoms with Crippen LogP contribution >= 0.6 is 0 Å². The lowest BCUT2D eigenvalue weighted by Gasteiger charge is -2.26. The Balaban J connectivity index is 3.15. The zero-order valence-corrected chi connectivity index (χ0v) is 13.3. The van der Waals surface area contributed by atoms with E-state index in [1.165, 1.54) is 18.4 Å². The molecule has 2 heteroatoms. The van der Waals surface area contributed by atoms with Crippen LogP contribution in [0.15, 0.2) is 24.3 Å². The van der Waals surface area contributed by atoms with Crippen molar-refractivity contribution in [1.82, 2.24) is 0 Å². The summed E-state index contributed by atoms with van der Waals surface area (Å²) < 4.78 is 5.59. The summed E-state index contributed by atoms with van der Waals surface area (Å²) in [7, 11) is 0.720. The largest absolute Gasteiger partial charge is 0.553 e. The van der Waals surface area contributed by atoms with Gasteiger partial charge in [-0.05, 0) is 26.3 Å². The quantitative estimate of drug-likeness (QED) is 0.573. The van der Waals surface area contributed by atoms with Crippen LogP contribution in [0.25, 0.3) is 0 Å². The van der Waals surface area contributed by atoms with E-state index in [1.54, 1.807) is 0 Å². The normalized spacial score (nSPS) is 13.6. The second-order valence-electron chi connectivity index (χ2n) is 4.51. The Morgan fingerprint density at radius 1 is 1.35 bits per heavy atom. The summed E-state index contributed by atoms with van der Waals surface area (Å²) in [5, 5.41) is 0. The van der Waals surface area contributed by atoms with Gasteiger partial charge in [0.05, 0.1) is 5.41 Å². The second-order valence-corrected chi connectivity index (χ2v) is 4.92. The fourth-order valence-electron chi connectivity index (χ4n) is 2.17. The molecule has 0 saturated heterocycles. The van der Waals surface area contributed by atoms with Crippen molar-refractivity contribution in [3.05, 3.63) is 29.8 Å². The van der Waals surface area contributed by atoms with Gasteiger partial charge in [0.2, 0.25) is 10.5 Å². The molecule has 0 aliphatic carbocycles. The minimum Gasteiger partial charge on any atom is -0.553 e. The number of unbranched alkanes of at least 4 members (excludes halogenated alkanes) is 1. The summed E-state index contributed by atoms with van der Waals surface area (Å²) in [6.07, 6.45) is 3.48. The Morgan fingerprint density at radius 3 is 2.65 bits per heavy atom. The van der Waals surface area contributed by atoms with E-state index in [0.29, 0.717) is 0 Å². The smallest absolute Gasteiger partial charge is 0.204 e. The molecule has 0 aromatic heterocycles. The first-order valence-corrected chi connectivity index (χ1v) is 7.07.